The van der Waals surface area contributed by atoms with Gasteiger partial charge in [-0.2, -0.15) is 0 Å². The number of aromatic amines is 1. The molecular weight excluding hydrogens is 527 g/mol. The number of H-pyrrole nitrogens is 1. The largest absolute Gasteiger partial charge is 0.380 e. The van der Waals surface area contributed by atoms with Crippen molar-refractivity contribution >= 4 is 28.8 Å². The lowest BCUT2D eigenvalue weighted by Gasteiger charge is -2.33. The molecule has 0 spiro atoms. The topological polar surface area (TPSA) is 81.8 Å². The van der Waals surface area contributed by atoms with Crippen molar-refractivity contribution in [2.24, 2.45) is 0 Å². The lowest BCUT2D eigenvalue weighted by Crippen LogP contribution is -2.43. The molecule has 4 N–H and O–H groups in total. The molecule has 0 radical (unpaired) electrons. The number of nitrogens with zero attached hydrogens (tertiary/aromatic N) is 1. The zero-order chi connectivity index (χ0) is 29.3. The third-order valence-corrected chi connectivity index (χ3v) is 7.07. The molecule has 41 heavy (non-hydrogen) atoms. The number of para-hydroxylation sites is 1. The minimum Gasteiger partial charge on any atom is -0.380 e. The SMILES string of the molecule is C=C1NC(C)(C)Cc2[nH]c(-c3ccnc(NC(=O)C(CC(C)F)c4ccc(F)cc4)c3)c(Nc3ccccc3F)c21. The Morgan fingerprint density at radius 1 is 1.12 bits per heavy atom. The normalized spacial score (nSPS) is 15.4. The standard InChI is InChI=1S/C32H32F3N5O/c1-18(33)15-23(20-9-11-22(34)12-10-20)31(41)39-27-16-21(13-14-36-27)29-30(37-25-8-6-5-7-24(25)35)28-19(2)40-32(3,4)17-26(28)38-29/h5-14,16,18,23,37-38,40H,2,15,17H2,1,3-4H3,(H,36,39,41). The van der Waals surface area contributed by atoms with Crippen molar-refractivity contribution in [1.82, 2.24) is 15.3 Å². The van der Waals surface area contributed by atoms with E-state index in [9.17, 15) is 18.0 Å². The number of halogens is 3. The van der Waals surface area contributed by atoms with Crippen molar-refractivity contribution in [3.05, 3.63) is 102 Å². The summed E-state index contributed by atoms with van der Waals surface area (Å²) in [6.45, 7) is 9.75. The fraction of sp³-hybridized carbons (Fsp3) is 0.250. The van der Waals surface area contributed by atoms with Crippen LogP contribution in [0.2, 0.25) is 0 Å². The van der Waals surface area contributed by atoms with Gasteiger partial charge in [-0.05, 0) is 69.2 Å². The molecule has 2 atom stereocenters. The van der Waals surface area contributed by atoms with E-state index < -0.39 is 29.6 Å². The number of aromatic nitrogens is 2. The third-order valence-electron chi connectivity index (χ3n) is 7.07. The molecular formula is C32H32F3N5O. The second-order valence-electron chi connectivity index (χ2n) is 11.0. The van der Waals surface area contributed by atoms with Crippen LogP contribution in [0, 0.1) is 11.6 Å². The summed E-state index contributed by atoms with van der Waals surface area (Å²) < 4.78 is 42.2. The molecule has 6 nitrogen and oxygen atoms in total. The fourth-order valence-electron chi connectivity index (χ4n) is 5.30. The Kier molecular flexibility index (Phi) is 7.62. The smallest absolute Gasteiger partial charge is 0.233 e. The van der Waals surface area contributed by atoms with Crippen LogP contribution in [-0.4, -0.2) is 27.6 Å². The van der Waals surface area contributed by atoms with Gasteiger partial charge in [0.05, 0.1) is 29.2 Å². The maximum Gasteiger partial charge on any atom is 0.233 e. The molecule has 0 fully saturated rings. The average molecular weight is 560 g/mol. The van der Waals surface area contributed by atoms with E-state index in [1.165, 1.54) is 37.3 Å². The first-order chi connectivity index (χ1) is 19.5. The molecule has 1 aliphatic rings. The molecule has 4 aromatic rings. The van der Waals surface area contributed by atoms with Gasteiger partial charge in [-0.3, -0.25) is 4.79 Å². The number of pyridine rings is 1. The van der Waals surface area contributed by atoms with Gasteiger partial charge < -0.3 is 20.9 Å². The summed E-state index contributed by atoms with van der Waals surface area (Å²) >= 11 is 0. The number of fused-ring (bicyclic) bond motifs is 1. The minimum atomic E-state index is -1.25. The van der Waals surface area contributed by atoms with Gasteiger partial charge in [0.25, 0.3) is 0 Å². The highest BCUT2D eigenvalue weighted by atomic mass is 19.1. The monoisotopic (exact) mass is 559 g/mol. The Hall–Kier alpha value is -4.53. The summed E-state index contributed by atoms with van der Waals surface area (Å²) in [5, 5.41) is 9.47. The molecule has 0 saturated carbocycles. The summed E-state index contributed by atoms with van der Waals surface area (Å²) in [7, 11) is 0. The minimum absolute atomic E-state index is 0.0674. The van der Waals surface area contributed by atoms with Gasteiger partial charge in [0.2, 0.25) is 5.91 Å². The quantitative estimate of drug-likeness (QED) is 0.181. The van der Waals surface area contributed by atoms with E-state index in [4.69, 9.17) is 0 Å². The van der Waals surface area contributed by atoms with Crippen LogP contribution in [-0.2, 0) is 11.2 Å². The predicted molar refractivity (Wildman–Crippen MR) is 157 cm³/mol. The van der Waals surface area contributed by atoms with Crippen molar-refractivity contribution in [2.45, 2.75) is 51.2 Å². The van der Waals surface area contributed by atoms with Crippen LogP contribution >= 0.6 is 0 Å². The Morgan fingerprint density at radius 3 is 2.56 bits per heavy atom. The molecule has 2 aromatic heterocycles. The summed E-state index contributed by atoms with van der Waals surface area (Å²) in [4.78, 5) is 21.1. The molecule has 0 saturated heterocycles. The summed E-state index contributed by atoms with van der Waals surface area (Å²) in [6.07, 6.45) is 0.905. The lowest BCUT2D eigenvalue weighted by molar-refractivity contribution is -0.118. The molecule has 0 bridgehead atoms. The number of benzene rings is 2. The molecule has 1 aliphatic heterocycles. The van der Waals surface area contributed by atoms with Crippen molar-refractivity contribution in [2.75, 3.05) is 10.6 Å². The van der Waals surface area contributed by atoms with E-state index in [2.05, 4.69) is 46.3 Å². The maximum absolute atomic E-state index is 14.7. The summed E-state index contributed by atoms with van der Waals surface area (Å²) in [6, 6.07) is 15.3. The maximum atomic E-state index is 14.7. The molecule has 212 valence electrons. The van der Waals surface area contributed by atoms with Crippen LogP contribution in [0.5, 0.6) is 0 Å². The number of amides is 1. The Bertz CT molecular complexity index is 1590. The van der Waals surface area contributed by atoms with E-state index in [1.54, 1.807) is 36.5 Å². The number of carbonyl (C=O) groups is 1. The van der Waals surface area contributed by atoms with Crippen LogP contribution < -0.4 is 16.0 Å². The van der Waals surface area contributed by atoms with Crippen molar-refractivity contribution in [3.8, 4) is 11.3 Å². The number of hydrogen-bond donors (Lipinski definition) is 4. The predicted octanol–water partition coefficient (Wildman–Crippen LogP) is 7.46. The van der Waals surface area contributed by atoms with E-state index in [0.717, 1.165) is 11.3 Å². The molecule has 1 amide bonds. The number of hydrogen-bond acceptors (Lipinski definition) is 4. The number of rotatable bonds is 8. The highest BCUT2D eigenvalue weighted by Crippen LogP contribution is 2.42. The highest BCUT2D eigenvalue weighted by Gasteiger charge is 2.32. The van der Waals surface area contributed by atoms with E-state index in [-0.39, 0.29) is 17.8 Å². The van der Waals surface area contributed by atoms with Crippen LogP contribution in [0.4, 0.5) is 30.4 Å². The summed E-state index contributed by atoms with van der Waals surface area (Å²) in [5.41, 5.74) is 5.00. The van der Waals surface area contributed by atoms with Crippen molar-refractivity contribution in [3.63, 3.8) is 0 Å². The molecule has 9 heteroatoms. The fourth-order valence-corrected chi connectivity index (χ4v) is 5.30. The number of alkyl halides is 1. The Morgan fingerprint density at radius 2 is 1.85 bits per heavy atom. The van der Waals surface area contributed by atoms with Crippen LogP contribution in [0.25, 0.3) is 17.0 Å². The Balaban J connectivity index is 1.51. The van der Waals surface area contributed by atoms with Crippen LogP contribution in [0.3, 0.4) is 0 Å². The molecule has 2 unspecified atom stereocenters. The second kappa shape index (κ2) is 11.2. The van der Waals surface area contributed by atoms with E-state index >= 15 is 0 Å². The lowest BCUT2D eigenvalue weighted by atomic mass is 9.90. The number of carbonyl (C=O) groups excluding carboxylic acids is 1. The van der Waals surface area contributed by atoms with Gasteiger partial charge in [0.15, 0.2) is 0 Å². The first-order valence-electron chi connectivity index (χ1n) is 13.4. The van der Waals surface area contributed by atoms with E-state index in [0.29, 0.717) is 40.3 Å². The third kappa shape index (κ3) is 6.14. The highest BCUT2D eigenvalue weighted by molar-refractivity contribution is 5.96. The van der Waals surface area contributed by atoms with Gasteiger partial charge in [0, 0.05) is 40.7 Å². The number of anilines is 3. The average Bonchev–Trinajstić information content (AvgIpc) is 3.26. The van der Waals surface area contributed by atoms with E-state index in [1.807, 2.05) is 0 Å². The molecule has 0 aliphatic carbocycles. The van der Waals surface area contributed by atoms with Gasteiger partial charge in [0.1, 0.15) is 17.5 Å². The van der Waals surface area contributed by atoms with Crippen molar-refractivity contribution < 1.29 is 18.0 Å². The van der Waals surface area contributed by atoms with Gasteiger partial charge in [-0.1, -0.05) is 30.8 Å². The second-order valence-corrected chi connectivity index (χ2v) is 11.0. The molecule has 2 aromatic carbocycles. The Labute approximate surface area is 237 Å². The first kappa shape index (κ1) is 28.0. The van der Waals surface area contributed by atoms with Crippen LogP contribution in [0.1, 0.15) is 49.9 Å². The van der Waals surface area contributed by atoms with Crippen molar-refractivity contribution in [1.29, 1.82) is 0 Å². The van der Waals surface area contributed by atoms with Gasteiger partial charge >= 0.3 is 0 Å². The molecule has 3 heterocycles. The zero-order valence-corrected chi connectivity index (χ0v) is 23.1. The van der Waals surface area contributed by atoms with Gasteiger partial charge in [-0.15, -0.1) is 0 Å². The zero-order valence-electron chi connectivity index (χ0n) is 23.1. The first-order valence-corrected chi connectivity index (χ1v) is 13.4. The van der Waals surface area contributed by atoms with Gasteiger partial charge in [-0.25, -0.2) is 18.2 Å². The molecule has 5 rings (SSSR count). The van der Waals surface area contributed by atoms with Crippen LogP contribution in [0.15, 0.2) is 73.4 Å². The summed E-state index contributed by atoms with van der Waals surface area (Å²) in [5.74, 6) is -1.88. The number of nitrogens with one attached hydrogen (secondary N) is 4.